The van der Waals surface area contributed by atoms with E-state index in [1.165, 1.54) is 11.0 Å². The number of aliphatic carboxylic acids is 1. The summed E-state index contributed by atoms with van der Waals surface area (Å²) in [6.45, 7) is 2.07. The van der Waals surface area contributed by atoms with Crippen molar-refractivity contribution in [3.05, 3.63) is 52.4 Å². The fraction of sp³-hybridized carbons (Fsp3) is 0.294. The van der Waals surface area contributed by atoms with Crippen molar-refractivity contribution in [2.75, 3.05) is 13.1 Å². The molecule has 128 valence electrons. The van der Waals surface area contributed by atoms with Crippen LogP contribution in [0.15, 0.2) is 45.3 Å². The highest BCUT2D eigenvalue weighted by Gasteiger charge is 2.21. The predicted octanol–water partition coefficient (Wildman–Crippen LogP) is 3.56. The quantitative estimate of drug-likeness (QED) is 0.738. The molecule has 1 heterocycles. The molecule has 1 aromatic carbocycles. The monoisotopic (exact) mass is 395 g/mol. The molecule has 1 amide bonds. The maximum atomic E-state index is 12.3. The van der Waals surface area contributed by atoms with Crippen molar-refractivity contribution in [1.29, 1.82) is 0 Å². The summed E-state index contributed by atoms with van der Waals surface area (Å²) in [4.78, 5) is 24.4. The summed E-state index contributed by atoms with van der Waals surface area (Å²) in [5, 5.41) is 8.89. The highest BCUT2D eigenvalue weighted by molar-refractivity contribution is 9.10. The molecule has 0 unspecified atom stereocenters. The first kappa shape index (κ1) is 18.1. The van der Waals surface area contributed by atoms with Gasteiger partial charge in [-0.2, -0.15) is 0 Å². The largest absolute Gasteiger partial charge is 0.486 e. The third-order valence-electron chi connectivity index (χ3n) is 3.17. The van der Waals surface area contributed by atoms with Crippen LogP contribution in [0, 0.1) is 0 Å². The molecular formula is C17H18BrNO5. The molecular weight excluding hydrogens is 378 g/mol. The molecule has 0 saturated heterocycles. The van der Waals surface area contributed by atoms with Crippen LogP contribution in [0.4, 0.5) is 0 Å². The van der Waals surface area contributed by atoms with Gasteiger partial charge in [0.15, 0.2) is 5.76 Å². The normalized spacial score (nSPS) is 10.4. The van der Waals surface area contributed by atoms with E-state index in [2.05, 4.69) is 15.9 Å². The van der Waals surface area contributed by atoms with Crippen molar-refractivity contribution >= 4 is 27.8 Å². The zero-order valence-corrected chi connectivity index (χ0v) is 14.8. The topological polar surface area (TPSA) is 80.0 Å². The lowest BCUT2D eigenvalue weighted by molar-refractivity contribution is -0.137. The van der Waals surface area contributed by atoms with Gasteiger partial charge in [0.2, 0.25) is 0 Å². The van der Waals surface area contributed by atoms with Crippen LogP contribution in [0.5, 0.6) is 5.75 Å². The van der Waals surface area contributed by atoms with Crippen molar-refractivity contribution in [3.63, 3.8) is 0 Å². The number of ether oxygens (including phenoxy) is 1. The number of rotatable bonds is 8. The van der Waals surface area contributed by atoms with Gasteiger partial charge in [0, 0.05) is 11.0 Å². The fourth-order valence-electron chi connectivity index (χ4n) is 2.10. The second-order valence-electron chi connectivity index (χ2n) is 5.13. The number of carbonyl (C=O) groups is 2. The number of carboxylic acid groups (broad SMARTS) is 1. The third-order valence-corrected chi connectivity index (χ3v) is 3.70. The zero-order chi connectivity index (χ0) is 17.5. The van der Waals surface area contributed by atoms with Gasteiger partial charge in [0.25, 0.3) is 5.91 Å². The van der Waals surface area contributed by atoms with Gasteiger partial charge in [0.05, 0.1) is 0 Å². The fourth-order valence-corrected chi connectivity index (χ4v) is 2.36. The van der Waals surface area contributed by atoms with Crippen LogP contribution in [0.1, 0.15) is 29.7 Å². The number of hydrogen-bond acceptors (Lipinski definition) is 4. The maximum absolute atomic E-state index is 12.3. The Labute approximate surface area is 148 Å². The van der Waals surface area contributed by atoms with E-state index < -0.39 is 11.9 Å². The van der Waals surface area contributed by atoms with Gasteiger partial charge in [0.1, 0.15) is 24.7 Å². The Morgan fingerprint density at radius 1 is 1.21 bits per heavy atom. The van der Waals surface area contributed by atoms with Gasteiger partial charge in [-0.1, -0.05) is 22.9 Å². The van der Waals surface area contributed by atoms with Crippen LogP contribution < -0.4 is 4.74 Å². The zero-order valence-electron chi connectivity index (χ0n) is 13.2. The van der Waals surface area contributed by atoms with Gasteiger partial charge in [-0.3, -0.25) is 9.59 Å². The van der Waals surface area contributed by atoms with Crippen LogP contribution >= 0.6 is 15.9 Å². The molecule has 6 nitrogen and oxygen atoms in total. The van der Waals surface area contributed by atoms with E-state index in [9.17, 15) is 9.59 Å². The Morgan fingerprint density at radius 3 is 2.54 bits per heavy atom. The summed E-state index contributed by atoms with van der Waals surface area (Å²) in [6.07, 6.45) is 0.666. The second kappa shape index (κ2) is 8.54. The molecule has 0 aliphatic carbocycles. The van der Waals surface area contributed by atoms with Crippen LogP contribution in [-0.2, 0) is 11.4 Å². The minimum atomic E-state index is -1.05. The van der Waals surface area contributed by atoms with E-state index in [0.29, 0.717) is 24.5 Å². The molecule has 1 N–H and O–H groups in total. The standard InChI is InChI=1S/C17H18BrNO5/c1-2-9-19(10-16(20)21)17(22)15-8-7-14(24-15)11-23-13-5-3-12(18)4-6-13/h3-8H,2,9-11H2,1H3,(H,20,21). The minimum Gasteiger partial charge on any atom is -0.486 e. The van der Waals surface area contributed by atoms with E-state index in [-0.39, 0.29) is 18.9 Å². The molecule has 7 heteroatoms. The Hall–Kier alpha value is -2.28. The van der Waals surface area contributed by atoms with E-state index in [4.69, 9.17) is 14.3 Å². The van der Waals surface area contributed by atoms with Gasteiger partial charge < -0.3 is 19.2 Å². The lowest BCUT2D eigenvalue weighted by Crippen LogP contribution is -2.36. The van der Waals surface area contributed by atoms with Crippen LogP contribution in [0.2, 0.25) is 0 Å². The summed E-state index contributed by atoms with van der Waals surface area (Å²) in [5.41, 5.74) is 0. The highest BCUT2D eigenvalue weighted by atomic mass is 79.9. The Morgan fingerprint density at radius 2 is 1.92 bits per heavy atom. The number of amides is 1. The number of benzene rings is 1. The number of nitrogens with zero attached hydrogens (tertiary/aromatic N) is 1. The number of hydrogen-bond donors (Lipinski definition) is 1. The highest BCUT2D eigenvalue weighted by Crippen LogP contribution is 2.18. The first-order valence-corrected chi connectivity index (χ1v) is 8.27. The average molecular weight is 396 g/mol. The van der Waals surface area contributed by atoms with Crippen molar-refractivity contribution in [2.24, 2.45) is 0 Å². The lowest BCUT2D eigenvalue weighted by Gasteiger charge is -2.18. The number of halogens is 1. The molecule has 0 radical (unpaired) electrons. The maximum Gasteiger partial charge on any atom is 0.323 e. The van der Waals surface area contributed by atoms with Crippen molar-refractivity contribution in [3.8, 4) is 5.75 Å². The molecule has 2 rings (SSSR count). The molecule has 24 heavy (non-hydrogen) atoms. The molecule has 0 bridgehead atoms. The van der Waals surface area contributed by atoms with E-state index in [1.54, 1.807) is 6.07 Å². The summed E-state index contributed by atoms with van der Waals surface area (Å²) in [5.74, 6) is -0.204. The van der Waals surface area contributed by atoms with Crippen molar-refractivity contribution in [2.45, 2.75) is 20.0 Å². The van der Waals surface area contributed by atoms with Crippen LogP contribution in [0.25, 0.3) is 0 Å². The first-order chi connectivity index (χ1) is 11.5. The predicted molar refractivity (Wildman–Crippen MR) is 91.0 cm³/mol. The SMILES string of the molecule is CCCN(CC(=O)O)C(=O)c1ccc(COc2ccc(Br)cc2)o1. The molecule has 0 atom stereocenters. The van der Waals surface area contributed by atoms with Crippen molar-refractivity contribution < 1.29 is 23.8 Å². The average Bonchev–Trinajstić information content (AvgIpc) is 3.02. The van der Waals surface area contributed by atoms with Gasteiger partial charge in [-0.25, -0.2) is 0 Å². The van der Waals surface area contributed by atoms with E-state index in [1.807, 2.05) is 31.2 Å². The Kier molecular flexibility index (Phi) is 6.43. The third kappa shape index (κ3) is 5.13. The molecule has 0 aliphatic rings. The molecule has 0 fully saturated rings. The lowest BCUT2D eigenvalue weighted by atomic mass is 10.3. The molecule has 0 aliphatic heterocycles. The van der Waals surface area contributed by atoms with Gasteiger partial charge >= 0.3 is 5.97 Å². The van der Waals surface area contributed by atoms with E-state index in [0.717, 1.165) is 4.47 Å². The summed E-state index contributed by atoms with van der Waals surface area (Å²) < 4.78 is 12.0. The number of carbonyl (C=O) groups excluding carboxylic acids is 1. The first-order valence-electron chi connectivity index (χ1n) is 7.47. The van der Waals surface area contributed by atoms with E-state index >= 15 is 0 Å². The molecule has 0 spiro atoms. The Balaban J connectivity index is 1.99. The van der Waals surface area contributed by atoms with Gasteiger partial charge in [-0.15, -0.1) is 0 Å². The minimum absolute atomic E-state index is 0.110. The molecule has 0 saturated carbocycles. The number of carboxylic acids is 1. The van der Waals surface area contributed by atoms with Crippen molar-refractivity contribution in [1.82, 2.24) is 4.90 Å². The summed E-state index contributed by atoms with van der Waals surface area (Å²) in [6, 6.07) is 10.5. The van der Waals surface area contributed by atoms with Crippen LogP contribution in [-0.4, -0.2) is 35.0 Å². The smallest absolute Gasteiger partial charge is 0.323 e. The Bertz CT molecular complexity index is 695. The molecule has 1 aromatic heterocycles. The number of furan rings is 1. The van der Waals surface area contributed by atoms with Gasteiger partial charge in [-0.05, 0) is 42.8 Å². The molecule has 2 aromatic rings. The summed E-state index contributed by atoms with van der Waals surface area (Å²) >= 11 is 3.35. The summed E-state index contributed by atoms with van der Waals surface area (Å²) in [7, 11) is 0. The second-order valence-corrected chi connectivity index (χ2v) is 6.04. The van der Waals surface area contributed by atoms with Crippen LogP contribution in [0.3, 0.4) is 0 Å².